The molecule has 0 bridgehead atoms. The average Bonchev–Trinajstić information content (AvgIpc) is 2.85. The Bertz CT molecular complexity index is 766. The van der Waals surface area contributed by atoms with Gasteiger partial charge in [0.2, 0.25) is 0 Å². The van der Waals surface area contributed by atoms with Crippen LogP contribution in [0.25, 0.3) is 22.1 Å². The summed E-state index contributed by atoms with van der Waals surface area (Å²) in [4.78, 5) is 11.0. The molecular weight excluding hydrogens is 234 g/mol. The Morgan fingerprint density at radius 2 is 2.11 bits per heavy atom. The summed E-state index contributed by atoms with van der Waals surface area (Å²) < 4.78 is 12.4. The second-order valence-electron chi connectivity index (χ2n) is 4.07. The number of nitrogens with zero attached hydrogens (tertiary/aromatic N) is 1. The molecule has 0 saturated carbocycles. The molecule has 5 heteroatoms. The van der Waals surface area contributed by atoms with Gasteiger partial charge in [0.25, 0.3) is 0 Å². The van der Waals surface area contributed by atoms with Crippen molar-refractivity contribution in [1.82, 2.24) is 4.57 Å². The molecule has 1 aromatic carbocycles. The van der Waals surface area contributed by atoms with Gasteiger partial charge in [-0.25, -0.2) is 4.79 Å². The number of carbonyl (C=O) groups is 1. The van der Waals surface area contributed by atoms with Crippen LogP contribution in [-0.2, 0) is 7.05 Å². The monoisotopic (exact) mass is 245 g/mol. The summed E-state index contributed by atoms with van der Waals surface area (Å²) in [6, 6.07) is 7.01. The molecule has 5 nitrogen and oxygen atoms in total. The van der Waals surface area contributed by atoms with Gasteiger partial charge < -0.3 is 18.8 Å². The number of furan rings is 1. The highest BCUT2D eigenvalue weighted by atomic mass is 16.5. The lowest BCUT2D eigenvalue weighted by Crippen LogP contribution is -2.03. The Balaban J connectivity index is 2.37. The first-order valence-electron chi connectivity index (χ1n) is 5.41. The van der Waals surface area contributed by atoms with Crippen LogP contribution in [-0.4, -0.2) is 22.8 Å². The predicted molar refractivity (Wildman–Crippen MR) is 66.2 cm³/mol. The first-order valence-corrected chi connectivity index (χ1v) is 5.41. The zero-order valence-corrected chi connectivity index (χ0v) is 9.93. The molecule has 3 rings (SSSR count). The Labute approximate surface area is 102 Å². The van der Waals surface area contributed by atoms with Crippen LogP contribution in [0.4, 0.5) is 0 Å². The lowest BCUT2D eigenvalue weighted by atomic mass is 10.2. The molecule has 3 aromatic rings. The van der Waals surface area contributed by atoms with Crippen molar-refractivity contribution < 1.29 is 19.1 Å². The molecular formula is C13H11NO4. The highest BCUT2D eigenvalue weighted by Gasteiger charge is 2.18. The van der Waals surface area contributed by atoms with Gasteiger partial charge in [0.15, 0.2) is 5.58 Å². The minimum Gasteiger partial charge on any atom is -0.497 e. The van der Waals surface area contributed by atoms with Crippen LogP contribution in [0.2, 0.25) is 0 Å². The number of fused-ring (bicyclic) bond motifs is 3. The molecule has 0 saturated heterocycles. The van der Waals surface area contributed by atoms with Crippen molar-refractivity contribution in [1.29, 1.82) is 0 Å². The molecule has 2 heterocycles. The molecule has 2 aromatic heterocycles. The third kappa shape index (κ3) is 1.30. The van der Waals surface area contributed by atoms with Gasteiger partial charge in [0, 0.05) is 24.6 Å². The molecule has 0 aliphatic rings. The number of benzene rings is 1. The van der Waals surface area contributed by atoms with Crippen LogP contribution in [0.1, 0.15) is 10.5 Å². The Morgan fingerprint density at radius 3 is 2.78 bits per heavy atom. The number of carboxylic acid groups (broad SMARTS) is 1. The normalized spacial score (nSPS) is 11.2. The maximum Gasteiger partial charge on any atom is 0.352 e. The van der Waals surface area contributed by atoms with E-state index in [2.05, 4.69) is 0 Å². The number of hydrogen-bond donors (Lipinski definition) is 1. The average molecular weight is 245 g/mol. The summed E-state index contributed by atoms with van der Waals surface area (Å²) in [5.74, 6) is -0.259. The van der Waals surface area contributed by atoms with Crippen LogP contribution < -0.4 is 4.74 Å². The minimum atomic E-state index is -0.967. The van der Waals surface area contributed by atoms with Crippen LogP contribution in [0.5, 0.6) is 5.75 Å². The van der Waals surface area contributed by atoms with E-state index in [4.69, 9.17) is 14.3 Å². The van der Waals surface area contributed by atoms with E-state index in [0.717, 1.165) is 10.9 Å². The highest BCUT2D eigenvalue weighted by Crippen LogP contribution is 2.32. The Morgan fingerprint density at radius 1 is 1.33 bits per heavy atom. The van der Waals surface area contributed by atoms with E-state index in [1.54, 1.807) is 24.8 Å². The second kappa shape index (κ2) is 3.53. The quantitative estimate of drug-likeness (QED) is 0.753. The number of ether oxygens (including phenoxy) is 1. The summed E-state index contributed by atoms with van der Waals surface area (Å²) in [6.07, 6.45) is 0. The van der Waals surface area contributed by atoms with Crippen molar-refractivity contribution in [3.8, 4) is 5.75 Å². The number of rotatable bonds is 2. The van der Waals surface area contributed by atoms with E-state index in [0.29, 0.717) is 16.9 Å². The standard InChI is InChI=1S/C13H11NO4/c1-14-9(13(15)16)6-11-12(14)8-4-3-7(17-2)5-10(8)18-11/h3-6H,1-2H3,(H,15,16). The van der Waals surface area contributed by atoms with Crippen LogP contribution in [0.15, 0.2) is 28.7 Å². The number of hydrogen-bond acceptors (Lipinski definition) is 3. The Kier molecular flexibility index (Phi) is 2.10. The molecule has 92 valence electrons. The van der Waals surface area contributed by atoms with E-state index < -0.39 is 5.97 Å². The third-order valence-electron chi connectivity index (χ3n) is 3.08. The van der Waals surface area contributed by atoms with E-state index in [1.807, 2.05) is 12.1 Å². The maximum atomic E-state index is 11.0. The van der Waals surface area contributed by atoms with Crippen LogP contribution in [0, 0.1) is 0 Å². The van der Waals surface area contributed by atoms with Gasteiger partial charge in [-0.2, -0.15) is 0 Å². The summed E-state index contributed by atoms with van der Waals surface area (Å²) in [5.41, 5.74) is 2.25. The summed E-state index contributed by atoms with van der Waals surface area (Å²) in [5, 5.41) is 9.93. The van der Waals surface area contributed by atoms with E-state index in [-0.39, 0.29) is 5.69 Å². The van der Waals surface area contributed by atoms with Crippen LogP contribution >= 0.6 is 0 Å². The smallest absolute Gasteiger partial charge is 0.352 e. The lowest BCUT2D eigenvalue weighted by molar-refractivity contribution is 0.0687. The van der Waals surface area contributed by atoms with Gasteiger partial charge in [-0.3, -0.25) is 0 Å². The molecule has 0 amide bonds. The zero-order chi connectivity index (χ0) is 12.9. The zero-order valence-electron chi connectivity index (χ0n) is 9.93. The fourth-order valence-corrected chi connectivity index (χ4v) is 2.20. The fourth-order valence-electron chi connectivity index (χ4n) is 2.20. The van der Waals surface area contributed by atoms with Crippen molar-refractivity contribution >= 4 is 28.0 Å². The minimum absolute atomic E-state index is 0.210. The first-order chi connectivity index (χ1) is 8.61. The Hall–Kier alpha value is -2.43. The SMILES string of the molecule is COc1ccc2c(c1)oc1cc(C(=O)O)n(C)c12. The lowest BCUT2D eigenvalue weighted by Gasteiger charge is -2.00. The number of aromatic carboxylic acids is 1. The van der Waals surface area contributed by atoms with Gasteiger partial charge in [0.05, 0.1) is 12.6 Å². The predicted octanol–water partition coefficient (Wildman–Crippen LogP) is 2.63. The first kappa shape index (κ1) is 10.7. The summed E-state index contributed by atoms with van der Waals surface area (Å²) in [6.45, 7) is 0. The number of methoxy groups -OCH3 is 1. The molecule has 0 radical (unpaired) electrons. The topological polar surface area (TPSA) is 64.6 Å². The summed E-state index contributed by atoms with van der Waals surface area (Å²) in [7, 11) is 3.30. The van der Waals surface area contributed by atoms with E-state index in [9.17, 15) is 4.79 Å². The van der Waals surface area contributed by atoms with Crippen LogP contribution in [0.3, 0.4) is 0 Å². The van der Waals surface area contributed by atoms with E-state index >= 15 is 0 Å². The maximum absolute atomic E-state index is 11.0. The van der Waals surface area contributed by atoms with Crippen molar-refractivity contribution in [3.05, 3.63) is 30.0 Å². The van der Waals surface area contributed by atoms with Gasteiger partial charge in [0.1, 0.15) is 17.0 Å². The van der Waals surface area contributed by atoms with Gasteiger partial charge in [-0.15, -0.1) is 0 Å². The molecule has 1 N–H and O–H groups in total. The molecule has 0 fully saturated rings. The molecule has 0 aliphatic carbocycles. The van der Waals surface area contributed by atoms with Crippen molar-refractivity contribution in [3.63, 3.8) is 0 Å². The van der Waals surface area contributed by atoms with Gasteiger partial charge in [-0.1, -0.05) is 0 Å². The molecule has 0 spiro atoms. The third-order valence-corrected chi connectivity index (χ3v) is 3.08. The van der Waals surface area contributed by atoms with Gasteiger partial charge >= 0.3 is 5.97 Å². The molecule has 0 aliphatic heterocycles. The number of carboxylic acids is 1. The van der Waals surface area contributed by atoms with E-state index in [1.165, 1.54) is 6.07 Å². The molecule has 0 unspecified atom stereocenters. The van der Waals surface area contributed by atoms with Gasteiger partial charge in [-0.05, 0) is 12.1 Å². The van der Waals surface area contributed by atoms with Crippen molar-refractivity contribution in [2.24, 2.45) is 7.05 Å². The van der Waals surface area contributed by atoms with Crippen molar-refractivity contribution in [2.45, 2.75) is 0 Å². The number of aryl methyl sites for hydroxylation is 1. The number of aromatic nitrogens is 1. The second-order valence-corrected chi connectivity index (χ2v) is 4.07. The van der Waals surface area contributed by atoms with Crippen molar-refractivity contribution in [2.75, 3.05) is 7.11 Å². The molecule has 18 heavy (non-hydrogen) atoms. The highest BCUT2D eigenvalue weighted by molar-refractivity contribution is 6.06. The largest absolute Gasteiger partial charge is 0.497 e. The summed E-state index contributed by atoms with van der Waals surface area (Å²) >= 11 is 0. The fraction of sp³-hybridized carbons (Fsp3) is 0.154. The molecule has 0 atom stereocenters.